The molecule has 0 aromatic carbocycles. The smallest absolute Gasteiger partial charge is 0.151 e. The van der Waals surface area contributed by atoms with Crippen LogP contribution in [0.25, 0.3) is 0 Å². The molecule has 0 amide bonds. The zero-order valence-corrected chi connectivity index (χ0v) is 14.8. The molecule has 1 aliphatic carbocycles. The average molecular weight is 331 g/mol. The maximum atomic E-state index is 11.9. The molecule has 1 aliphatic rings. The van der Waals surface area contributed by atoms with Crippen LogP contribution in [0.5, 0.6) is 0 Å². The molecule has 1 heterocycles. The summed E-state index contributed by atoms with van der Waals surface area (Å²) in [5.41, 5.74) is 1.20. The molecular weight excluding hydrogens is 304 g/mol. The standard InChI is InChI=1S/C15H26N2O2S2/c1-4-12-11(2)20-15(17-12)9-10-16-13-7-5-6-8-14(13)21(3,18)19/h13-14,16H,4-10H2,1-3H3/t13-,14+/m0/s1. The molecule has 0 bridgehead atoms. The van der Waals surface area contributed by atoms with Gasteiger partial charge in [0.25, 0.3) is 0 Å². The number of hydrogen-bond acceptors (Lipinski definition) is 5. The van der Waals surface area contributed by atoms with Crippen molar-refractivity contribution in [3.8, 4) is 0 Å². The first-order chi connectivity index (χ1) is 9.91. The maximum Gasteiger partial charge on any atom is 0.151 e. The average Bonchev–Trinajstić information content (AvgIpc) is 2.78. The van der Waals surface area contributed by atoms with Crippen molar-refractivity contribution in [1.82, 2.24) is 10.3 Å². The predicted octanol–water partition coefficient (Wildman–Crippen LogP) is 2.50. The SMILES string of the molecule is CCc1nc(CCN[C@H]2CCCC[C@H]2S(C)(=O)=O)sc1C. The lowest BCUT2D eigenvalue weighted by Crippen LogP contribution is -2.46. The maximum absolute atomic E-state index is 11.9. The first kappa shape index (κ1) is 16.9. The van der Waals surface area contributed by atoms with Gasteiger partial charge in [-0.25, -0.2) is 13.4 Å². The van der Waals surface area contributed by atoms with Crippen LogP contribution in [-0.4, -0.2) is 37.5 Å². The highest BCUT2D eigenvalue weighted by Crippen LogP contribution is 2.24. The largest absolute Gasteiger partial charge is 0.312 e. The molecule has 1 aromatic rings. The van der Waals surface area contributed by atoms with E-state index in [4.69, 9.17) is 0 Å². The fourth-order valence-corrected chi connectivity index (χ4v) is 5.58. The molecule has 2 atom stereocenters. The molecule has 21 heavy (non-hydrogen) atoms. The molecule has 1 N–H and O–H groups in total. The van der Waals surface area contributed by atoms with Crippen LogP contribution >= 0.6 is 11.3 Å². The van der Waals surface area contributed by atoms with E-state index in [2.05, 4.69) is 24.1 Å². The topological polar surface area (TPSA) is 59.1 Å². The van der Waals surface area contributed by atoms with Crippen molar-refractivity contribution in [2.45, 2.75) is 63.7 Å². The molecule has 0 aliphatic heterocycles. The molecular formula is C15H26N2O2S2. The number of rotatable bonds is 6. The number of aryl methyl sites for hydroxylation is 2. The number of hydrogen-bond donors (Lipinski definition) is 1. The normalized spacial score (nSPS) is 23.4. The Morgan fingerprint density at radius 2 is 2.05 bits per heavy atom. The summed E-state index contributed by atoms with van der Waals surface area (Å²) < 4.78 is 23.7. The van der Waals surface area contributed by atoms with Crippen LogP contribution in [0.4, 0.5) is 0 Å². The van der Waals surface area contributed by atoms with Gasteiger partial charge in [0.05, 0.1) is 16.0 Å². The first-order valence-corrected chi connectivity index (χ1v) is 10.6. The Kier molecular flexibility index (Phi) is 5.80. The Hall–Kier alpha value is -0.460. The predicted molar refractivity (Wildman–Crippen MR) is 88.8 cm³/mol. The molecule has 0 radical (unpaired) electrons. The Balaban J connectivity index is 1.89. The lowest BCUT2D eigenvalue weighted by molar-refractivity contribution is 0.373. The van der Waals surface area contributed by atoms with Gasteiger partial charge in [-0.05, 0) is 26.2 Å². The molecule has 0 unspecified atom stereocenters. The van der Waals surface area contributed by atoms with Gasteiger partial charge in [-0.3, -0.25) is 0 Å². The molecule has 1 aromatic heterocycles. The Morgan fingerprint density at radius 3 is 2.67 bits per heavy atom. The number of thiazole rings is 1. The number of nitrogens with zero attached hydrogens (tertiary/aromatic N) is 1. The number of sulfone groups is 1. The van der Waals surface area contributed by atoms with Crippen LogP contribution in [0.2, 0.25) is 0 Å². The summed E-state index contributed by atoms with van der Waals surface area (Å²) in [7, 11) is -2.95. The van der Waals surface area contributed by atoms with Gasteiger partial charge in [0.15, 0.2) is 9.84 Å². The van der Waals surface area contributed by atoms with Crippen molar-refractivity contribution in [2.24, 2.45) is 0 Å². The Morgan fingerprint density at radius 1 is 1.33 bits per heavy atom. The molecule has 1 saturated carbocycles. The molecule has 2 rings (SSSR count). The number of aromatic nitrogens is 1. The molecule has 6 heteroatoms. The zero-order valence-electron chi connectivity index (χ0n) is 13.2. The second-order valence-electron chi connectivity index (χ2n) is 5.93. The van der Waals surface area contributed by atoms with Crippen molar-refractivity contribution < 1.29 is 8.42 Å². The summed E-state index contributed by atoms with van der Waals surface area (Å²) in [4.78, 5) is 5.94. The highest BCUT2D eigenvalue weighted by molar-refractivity contribution is 7.91. The lowest BCUT2D eigenvalue weighted by Gasteiger charge is -2.30. The Bertz CT molecular complexity index is 566. The van der Waals surface area contributed by atoms with Crippen LogP contribution in [0, 0.1) is 6.92 Å². The van der Waals surface area contributed by atoms with Gasteiger partial charge in [-0.1, -0.05) is 19.8 Å². The van der Waals surface area contributed by atoms with E-state index in [9.17, 15) is 8.42 Å². The minimum Gasteiger partial charge on any atom is -0.312 e. The van der Waals surface area contributed by atoms with E-state index in [1.807, 2.05) is 0 Å². The number of nitrogens with one attached hydrogen (secondary N) is 1. The van der Waals surface area contributed by atoms with Gasteiger partial charge in [0.1, 0.15) is 0 Å². The highest BCUT2D eigenvalue weighted by atomic mass is 32.2. The summed E-state index contributed by atoms with van der Waals surface area (Å²) in [5, 5.41) is 4.40. The summed E-state index contributed by atoms with van der Waals surface area (Å²) >= 11 is 1.76. The van der Waals surface area contributed by atoms with Gasteiger partial charge in [-0.2, -0.15) is 0 Å². The van der Waals surface area contributed by atoms with Crippen molar-refractivity contribution in [2.75, 3.05) is 12.8 Å². The quantitative estimate of drug-likeness (QED) is 0.870. The van der Waals surface area contributed by atoms with Gasteiger partial charge in [0.2, 0.25) is 0 Å². The van der Waals surface area contributed by atoms with Crippen LogP contribution in [0.1, 0.15) is 48.2 Å². The van der Waals surface area contributed by atoms with E-state index < -0.39 is 9.84 Å². The van der Waals surface area contributed by atoms with Crippen molar-refractivity contribution >= 4 is 21.2 Å². The fourth-order valence-electron chi connectivity index (χ4n) is 3.13. The summed E-state index contributed by atoms with van der Waals surface area (Å²) in [6.07, 6.45) is 7.16. The summed E-state index contributed by atoms with van der Waals surface area (Å²) in [6.45, 7) is 5.06. The summed E-state index contributed by atoms with van der Waals surface area (Å²) in [6, 6.07) is 0.112. The molecule has 120 valence electrons. The van der Waals surface area contributed by atoms with Crippen LogP contribution in [0.3, 0.4) is 0 Å². The minimum absolute atomic E-state index is 0.112. The molecule has 0 saturated heterocycles. The van der Waals surface area contributed by atoms with Gasteiger partial charge >= 0.3 is 0 Å². The van der Waals surface area contributed by atoms with Gasteiger partial charge < -0.3 is 5.32 Å². The zero-order chi connectivity index (χ0) is 15.5. The second-order valence-corrected chi connectivity index (χ2v) is 9.48. The van der Waals surface area contributed by atoms with E-state index in [1.54, 1.807) is 11.3 Å². The third-order valence-corrected chi connectivity index (χ3v) is 7.01. The van der Waals surface area contributed by atoms with Crippen molar-refractivity contribution in [1.29, 1.82) is 0 Å². The van der Waals surface area contributed by atoms with Crippen LogP contribution in [0.15, 0.2) is 0 Å². The van der Waals surface area contributed by atoms with E-state index in [0.717, 1.165) is 50.1 Å². The Labute approximate surface area is 132 Å². The van der Waals surface area contributed by atoms with Crippen molar-refractivity contribution in [3.63, 3.8) is 0 Å². The van der Waals surface area contributed by atoms with Gasteiger partial charge in [-0.15, -0.1) is 11.3 Å². The van der Waals surface area contributed by atoms with E-state index >= 15 is 0 Å². The van der Waals surface area contributed by atoms with Gasteiger partial charge in [0, 0.05) is 30.1 Å². The van der Waals surface area contributed by atoms with E-state index in [0.29, 0.717) is 0 Å². The highest BCUT2D eigenvalue weighted by Gasteiger charge is 2.32. The van der Waals surface area contributed by atoms with Crippen molar-refractivity contribution in [3.05, 3.63) is 15.6 Å². The monoisotopic (exact) mass is 330 g/mol. The molecule has 4 nitrogen and oxygen atoms in total. The lowest BCUT2D eigenvalue weighted by atomic mass is 9.95. The summed E-state index contributed by atoms with van der Waals surface area (Å²) in [5.74, 6) is 0. The molecule has 0 spiro atoms. The third kappa shape index (κ3) is 4.50. The van der Waals surface area contributed by atoms with Crippen LogP contribution < -0.4 is 5.32 Å². The van der Waals surface area contributed by atoms with E-state index in [1.165, 1.54) is 16.8 Å². The molecule has 1 fully saturated rings. The fraction of sp³-hybridized carbons (Fsp3) is 0.800. The second kappa shape index (κ2) is 7.20. The van der Waals surface area contributed by atoms with E-state index in [-0.39, 0.29) is 11.3 Å². The minimum atomic E-state index is -2.95. The first-order valence-electron chi connectivity index (χ1n) is 7.79. The van der Waals surface area contributed by atoms with Crippen LogP contribution in [-0.2, 0) is 22.7 Å². The third-order valence-electron chi connectivity index (χ3n) is 4.27.